The summed E-state index contributed by atoms with van der Waals surface area (Å²) in [5.74, 6) is -0.311. The van der Waals surface area contributed by atoms with Gasteiger partial charge in [-0.05, 0) is 38.5 Å². The Hall–Kier alpha value is -2.04. The zero-order valence-corrected chi connectivity index (χ0v) is 11.7. The van der Waals surface area contributed by atoms with Crippen molar-refractivity contribution in [2.45, 2.75) is 20.8 Å². The molecule has 0 aliphatic rings. The van der Waals surface area contributed by atoms with Crippen LogP contribution in [0, 0.1) is 6.92 Å². The predicted octanol–water partition coefficient (Wildman–Crippen LogP) is 1.67. The average molecular weight is 263 g/mol. The molecule has 104 valence electrons. The molecule has 0 atom stereocenters. The average Bonchev–Trinajstić information content (AvgIpc) is 2.36. The van der Waals surface area contributed by atoms with Gasteiger partial charge in [0.05, 0.1) is 6.54 Å². The van der Waals surface area contributed by atoms with Gasteiger partial charge in [-0.2, -0.15) is 0 Å². The Kier molecular flexibility index (Phi) is 5.85. The number of hydrogen-bond acceptors (Lipinski definition) is 3. The minimum atomic E-state index is -0.451. The highest BCUT2D eigenvalue weighted by Crippen LogP contribution is 2.15. The van der Waals surface area contributed by atoms with Crippen LogP contribution < -0.4 is 15.5 Å². The Morgan fingerprint density at radius 2 is 2.00 bits per heavy atom. The van der Waals surface area contributed by atoms with Crippen LogP contribution >= 0.6 is 0 Å². The maximum Gasteiger partial charge on any atom is 0.321 e. The van der Waals surface area contributed by atoms with Gasteiger partial charge in [0.1, 0.15) is 0 Å². The van der Waals surface area contributed by atoms with E-state index >= 15 is 0 Å². The third-order valence-electron chi connectivity index (χ3n) is 2.67. The SMILES string of the molecule is CCNC(=O)NC(=O)CN(CC)c1cccc(C)c1. The fourth-order valence-electron chi connectivity index (χ4n) is 1.75. The molecular weight excluding hydrogens is 242 g/mol. The van der Waals surface area contributed by atoms with E-state index in [2.05, 4.69) is 10.6 Å². The van der Waals surface area contributed by atoms with Gasteiger partial charge in [0.25, 0.3) is 0 Å². The number of imide groups is 1. The molecule has 1 rings (SSSR count). The molecule has 1 aromatic rings. The first-order valence-corrected chi connectivity index (χ1v) is 6.46. The number of hydrogen-bond donors (Lipinski definition) is 2. The fourth-order valence-corrected chi connectivity index (χ4v) is 1.75. The summed E-state index contributed by atoms with van der Waals surface area (Å²) in [6.07, 6.45) is 0. The van der Waals surface area contributed by atoms with Crippen LogP contribution in [-0.2, 0) is 4.79 Å². The normalized spacial score (nSPS) is 9.84. The monoisotopic (exact) mass is 263 g/mol. The van der Waals surface area contributed by atoms with Crippen molar-refractivity contribution in [2.75, 3.05) is 24.5 Å². The second-order valence-electron chi connectivity index (χ2n) is 4.26. The van der Waals surface area contributed by atoms with E-state index in [4.69, 9.17) is 0 Å². The number of amides is 3. The van der Waals surface area contributed by atoms with E-state index in [0.29, 0.717) is 13.1 Å². The Morgan fingerprint density at radius 3 is 2.58 bits per heavy atom. The van der Waals surface area contributed by atoms with Crippen molar-refractivity contribution >= 4 is 17.6 Å². The summed E-state index contributed by atoms with van der Waals surface area (Å²) in [6, 6.07) is 7.48. The van der Waals surface area contributed by atoms with Crippen molar-refractivity contribution in [3.63, 3.8) is 0 Å². The third-order valence-corrected chi connectivity index (χ3v) is 2.67. The molecule has 0 unspecified atom stereocenters. The van der Waals surface area contributed by atoms with Crippen LogP contribution in [0.1, 0.15) is 19.4 Å². The highest BCUT2D eigenvalue weighted by molar-refractivity contribution is 5.96. The molecule has 1 aromatic carbocycles. The van der Waals surface area contributed by atoms with Crippen LogP contribution in [0.2, 0.25) is 0 Å². The van der Waals surface area contributed by atoms with E-state index in [1.54, 1.807) is 6.92 Å². The number of carbonyl (C=O) groups excluding carboxylic acids is 2. The quantitative estimate of drug-likeness (QED) is 0.849. The van der Waals surface area contributed by atoms with Crippen LogP contribution in [-0.4, -0.2) is 31.6 Å². The molecule has 5 nitrogen and oxygen atoms in total. The summed E-state index contributed by atoms with van der Waals surface area (Å²) >= 11 is 0. The molecule has 0 aliphatic heterocycles. The van der Waals surface area contributed by atoms with Gasteiger partial charge in [-0.25, -0.2) is 4.79 Å². The van der Waals surface area contributed by atoms with E-state index in [1.165, 1.54) is 0 Å². The van der Waals surface area contributed by atoms with Gasteiger partial charge in [-0.3, -0.25) is 10.1 Å². The molecule has 0 radical (unpaired) electrons. The molecule has 0 spiro atoms. The third kappa shape index (κ3) is 4.99. The van der Waals surface area contributed by atoms with Crippen molar-refractivity contribution in [1.29, 1.82) is 0 Å². The van der Waals surface area contributed by atoms with E-state index in [1.807, 2.05) is 43.0 Å². The summed E-state index contributed by atoms with van der Waals surface area (Å²) in [7, 11) is 0. The lowest BCUT2D eigenvalue weighted by atomic mass is 10.2. The van der Waals surface area contributed by atoms with E-state index in [-0.39, 0.29) is 12.5 Å². The van der Waals surface area contributed by atoms with Crippen molar-refractivity contribution in [1.82, 2.24) is 10.6 Å². The van der Waals surface area contributed by atoms with Crippen LogP contribution in [0.5, 0.6) is 0 Å². The smallest absolute Gasteiger partial charge is 0.321 e. The molecule has 3 amide bonds. The lowest BCUT2D eigenvalue weighted by Crippen LogP contribution is -2.44. The summed E-state index contributed by atoms with van der Waals surface area (Å²) in [6.45, 7) is 7.14. The molecule has 0 heterocycles. The molecule has 0 fully saturated rings. The largest absolute Gasteiger partial charge is 0.362 e. The Morgan fingerprint density at radius 1 is 1.26 bits per heavy atom. The molecule has 0 bridgehead atoms. The molecule has 5 heteroatoms. The number of likely N-dealkylation sites (N-methyl/N-ethyl adjacent to an activating group) is 1. The molecule has 0 aliphatic carbocycles. The van der Waals surface area contributed by atoms with Gasteiger partial charge < -0.3 is 10.2 Å². The number of aryl methyl sites for hydroxylation is 1. The predicted molar refractivity (Wildman–Crippen MR) is 76.3 cm³/mol. The number of rotatable bonds is 5. The second-order valence-corrected chi connectivity index (χ2v) is 4.26. The minimum Gasteiger partial charge on any atom is -0.362 e. The first-order valence-electron chi connectivity index (χ1n) is 6.46. The summed E-state index contributed by atoms with van der Waals surface area (Å²) in [4.78, 5) is 24.9. The number of nitrogens with one attached hydrogen (secondary N) is 2. The first-order chi connectivity index (χ1) is 9.06. The van der Waals surface area contributed by atoms with Crippen LogP contribution in [0.15, 0.2) is 24.3 Å². The van der Waals surface area contributed by atoms with Gasteiger partial charge in [0.15, 0.2) is 0 Å². The van der Waals surface area contributed by atoms with Gasteiger partial charge >= 0.3 is 6.03 Å². The number of nitrogens with zero attached hydrogens (tertiary/aromatic N) is 1. The Bertz CT molecular complexity index is 446. The van der Waals surface area contributed by atoms with Crippen molar-refractivity contribution in [3.8, 4) is 0 Å². The Balaban J connectivity index is 2.62. The van der Waals surface area contributed by atoms with Crippen molar-refractivity contribution in [3.05, 3.63) is 29.8 Å². The second kappa shape index (κ2) is 7.41. The minimum absolute atomic E-state index is 0.164. The van der Waals surface area contributed by atoms with E-state index < -0.39 is 6.03 Å². The molecule has 0 saturated carbocycles. The molecular formula is C14H21N3O2. The van der Waals surface area contributed by atoms with Gasteiger partial charge in [0, 0.05) is 18.8 Å². The highest BCUT2D eigenvalue weighted by Gasteiger charge is 2.12. The molecule has 0 saturated heterocycles. The zero-order chi connectivity index (χ0) is 14.3. The standard InChI is InChI=1S/C14H21N3O2/c1-4-15-14(19)16-13(18)10-17(5-2)12-8-6-7-11(3)9-12/h6-9H,4-5,10H2,1-3H3,(H2,15,16,18,19). The zero-order valence-electron chi connectivity index (χ0n) is 11.7. The molecule has 0 aromatic heterocycles. The lowest BCUT2D eigenvalue weighted by Gasteiger charge is -2.22. The number of urea groups is 1. The van der Waals surface area contributed by atoms with Crippen LogP contribution in [0.4, 0.5) is 10.5 Å². The first kappa shape index (κ1) is 15.0. The van der Waals surface area contributed by atoms with E-state index in [9.17, 15) is 9.59 Å². The molecule has 2 N–H and O–H groups in total. The van der Waals surface area contributed by atoms with Gasteiger partial charge in [0.2, 0.25) is 5.91 Å². The van der Waals surface area contributed by atoms with E-state index in [0.717, 1.165) is 11.3 Å². The summed E-state index contributed by atoms with van der Waals surface area (Å²) in [5, 5.41) is 4.83. The van der Waals surface area contributed by atoms with Gasteiger partial charge in [-0.1, -0.05) is 12.1 Å². The van der Waals surface area contributed by atoms with Crippen LogP contribution in [0.3, 0.4) is 0 Å². The summed E-state index contributed by atoms with van der Waals surface area (Å²) in [5.41, 5.74) is 2.12. The lowest BCUT2D eigenvalue weighted by molar-refractivity contribution is -0.118. The van der Waals surface area contributed by atoms with Crippen molar-refractivity contribution in [2.24, 2.45) is 0 Å². The van der Waals surface area contributed by atoms with Crippen molar-refractivity contribution < 1.29 is 9.59 Å². The highest BCUT2D eigenvalue weighted by atomic mass is 16.2. The maximum absolute atomic E-state index is 11.7. The Labute approximate surface area is 114 Å². The number of benzene rings is 1. The topological polar surface area (TPSA) is 61.4 Å². The fraction of sp³-hybridized carbons (Fsp3) is 0.429. The number of carbonyl (C=O) groups is 2. The molecule has 19 heavy (non-hydrogen) atoms. The van der Waals surface area contributed by atoms with Gasteiger partial charge in [-0.15, -0.1) is 0 Å². The summed E-state index contributed by atoms with van der Waals surface area (Å²) < 4.78 is 0. The maximum atomic E-state index is 11.7. The number of anilines is 1. The van der Waals surface area contributed by atoms with Crippen LogP contribution in [0.25, 0.3) is 0 Å².